The molecule has 2 saturated carbocycles. The van der Waals surface area contributed by atoms with Crippen molar-refractivity contribution in [3.05, 3.63) is 76.2 Å². The second kappa shape index (κ2) is 10.1. The molecule has 3 fully saturated rings. The molecule has 6 rings (SSSR count). The quantitative estimate of drug-likeness (QED) is 0.333. The fourth-order valence-electron chi connectivity index (χ4n) is 5.56. The summed E-state index contributed by atoms with van der Waals surface area (Å²) in [6, 6.07) is 14.8. The van der Waals surface area contributed by atoms with E-state index in [-0.39, 0.29) is 11.9 Å². The van der Waals surface area contributed by atoms with Crippen molar-refractivity contribution in [3.63, 3.8) is 0 Å². The molecule has 3 aromatic rings. The van der Waals surface area contributed by atoms with E-state index in [2.05, 4.69) is 57.6 Å². The Labute approximate surface area is 218 Å². The summed E-state index contributed by atoms with van der Waals surface area (Å²) in [5.74, 6) is 1.48. The minimum Gasteiger partial charge on any atom is -0.368 e. The third kappa shape index (κ3) is 5.12. The van der Waals surface area contributed by atoms with Crippen LogP contribution >= 0.6 is 11.6 Å². The molecule has 2 aromatic carbocycles. The van der Waals surface area contributed by atoms with E-state index in [1.54, 1.807) is 12.1 Å². The number of nitrogens with one attached hydrogen (secondary N) is 2. The summed E-state index contributed by atoms with van der Waals surface area (Å²) < 4.78 is 16.5. The Bertz CT molecular complexity index is 1190. The fourth-order valence-corrected chi connectivity index (χ4v) is 5.84. The number of para-hydroxylation sites is 1. The summed E-state index contributed by atoms with van der Waals surface area (Å²) >= 11 is 6.30. The number of piperidine rings is 1. The van der Waals surface area contributed by atoms with E-state index >= 15 is 0 Å². The molecular formula is C29H35ClFN5. The predicted octanol–water partition coefficient (Wildman–Crippen LogP) is 6.82. The molecule has 0 bridgehead atoms. The largest absolute Gasteiger partial charge is 0.368 e. The van der Waals surface area contributed by atoms with Gasteiger partial charge in [0.2, 0.25) is 0 Å². The van der Waals surface area contributed by atoms with Gasteiger partial charge in [-0.05, 0) is 74.6 Å². The van der Waals surface area contributed by atoms with Gasteiger partial charge in [-0.2, -0.15) is 5.10 Å². The zero-order chi connectivity index (χ0) is 24.6. The summed E-state index contributed by atoms with van der Waals surface area (Å²) in [6.07, 6.45) is 9.17. The van der Waals surface area contributed by atoms with Crippen LogP contribution in [0.2, 0.25) is 5.02 Å². The molecule has 3 aliphatic rings. The standard InChI is InChI=1S/C29H35ClFN5/c1-19(33-22-13-15-35(16-14-22)28-26(30)7-4-8-27(28)31)25-18-36(23-11-12-23)34-29(25)32-17-21-5-2-3-6-24(21)20-9-10-20/h2-8,18-20,22-23,33H,9-17H2,1H3,(H,32,34). The van der Waals surface area contributed by atoms with Gasteiger partial charge in [0, 0.05) is 43.5 Å². The third-order valence-corrected chi connectivity index (χ3v) is 8.21. The molecule has 1 aromatic heterocycles. The number of halogens is 2. The summed E-state index contributed by atoms with van der Waals surface area (Å²) in [4.78, 5) is 2.08. The van der Waals surface area contributed by atoms with Crippen molar-refractivity contribution < 1.29 is 4.39 Å². The van der Waals surface area contributed by atoms with Crippen LogP contribution in [0, 0.1) is 5.82 Å². The van der Waals surface area contributed by atoms with Crippen LogP contribution < -0.4 is 15.5 Å². The Hall–Kier alpha value is -2.57. The molecule has 0 spiro atoms. The fraction of sp³-hybridized carbons (Fsp3) is 0.483. The van der Waals surface area contributed by atoms with Crippen molar-refractivity contribution >= 4 is 23.1 Å². The Morgan fingerprint density at radius 3 is 2.53 bits per heavy atom. The smallest absolute Gasteiger partial charge is 0.153 e. The molecule has 1 saturated heterocycles. The van der Waals surface area contributed by atoms with Gasteiger partial charge in [-0.1, -0.05) is 41.9 Å². The lowest BCUT2D eigenvalue weighted by Crippen LogP contribution is -2.43. The van der Waals surface area contributed by atoms with Gasteiger partial charge in [-0.15, -0.1) is 0 Å². The molecule has 36 heavy (non-hydrogen) atoms. The molecule has 0 radical (unpaired) electrons. The molecule has 7 heteroatoms. The molecule has 1 unspecified atom stereocenters. The maximum atomic E-state index is 14.4. The van der Waals surface area contributed by atoms with Crippen LogP contribution in [0.5, 0.6) is 0 Å². The molecule has 190 valence electrons. The summed E-state index contributed by atoms with van der Waals surface area (Å²) in [6.45, 7) is 4.61. The lowest BCUT2D eigenvalue weighted by molar-refractivity contribution is 0.379. The van der Waals surface area contributed by atoms with E-state index in [9.17, 15) is 4.39 Å². The maximum absolute atomic E-state index is 14.4. The summed E-state index contributed by atoms with van der Waals surface area (Å²) in [7, 11) is 0. The minimum absolute atomic E-state index is 0.173. The van der Waals surface area contributed by atoms with Crippen molar-refractivity contribution in [3.8, 4) is 0 Å². The second-order valence-corrected chi connectivity index (χ2v) is 11.1. The van der Waals surface area contributed by atoms with E-state index < -0.39 is 0 Å². The van der Waals surface area contributed by atoms with Gasteiger partial charge in [-0.25, -0.2) is 4.39 Å². The Morgan fingerprint density at radius 1 is 1.03 bits per heavy atom. The highest BCUT2D eigenvalue weighted by Gasteiger charge is 2.30. The normalized spacial score (nSPS) is 19.5. The average molecular weight is 508 g/mol. The van der Waals surface area contributed by atoms with Crippen molar-refractivity contribution in [2.24, 2.45) is 0 Å². The van der Waals surface area contributed by atoms with Crippen LogP contribution in [0.1, 0.15) is 80.1 Å². The lowest BCUT2D eigenvalue weighted by atomic mass is 10.0. The zero-order valence-electron chi connectivity index (χ0n) is 20.9. The van der Waals surface area contributed by atoms with Crippen molar-refractivity contribution in [1.82, 2.24) is 15.1 Å². The maximum Gasteiger partial charge on any atom is 0.153 e. The van der Waals surface area contributed by atoms with Gasteiger partial charge in [0.25, 0.3) is 0 Å². The number of aromatic nitrogens is 2. The molecule has 1 atom stereocenters. The van der Waals surface area contributed by atoms with Crippen LogP contribution in [0.25, 0.3) is 0 Å². The first-order chi connectivity index (χ1) is 17.6. The molecule has 2 N–H and O–H groups in total. The molecular weight excluding hydrogens is 473 g/mol. The second-order valence-electron chi connectivity index (χ2n) is 10.7. The van der Waals surface area contributed by atoms with E-state index in [1.165, 1.54) is 48.4 Å². The average Bonchev–Trinajstić information content (AvgIpc) is 3.82. The van der Waals surface area contributed by atoms with E-state index in [1.807, 2.05) is 0 Å². The number of rotatable bonds is 9. The SMILES string of the molecule is CC(NC1CCN(c2c(F)cccc2Cl)CC1)c1cn(C2CC2)nc1NCc1ccccc1C1CC1. The molecule has 1 aliphatic heterocycles. The van der Waals surface area contributed by atoms with Crippen LogP contribution in [-0.4, -0.2) is 28.9 Å². The first-order valence-corrected chi connectivity index (χ1v) is 13.8. The van der Waals surface area contributed by atoms with E-state index in [0.29, 0.717) is 22.8 Å². The highest BCUT2D eigenvalue weighted by atomic mass is 35.5. The van der Waals surface area contributed by atoms with Crippen LogP contribution in [0.15, 0.2) is 48.7 Å². The Balaban J connectivity index is 1.12. The van der Waals surface area contributed by atoms with Gasteiger partial charge in [-0.3, -0.25) is 4.68 Å². The number of hydrogen-bond acceptors (Lipinski definition) is 4. The summed E-state index contributed by atoms with van der Waals surface area (Å²) in [5, 5.41) is 13.0. The van der Waals surface area contributed by atoms with Crippen molar-refractivity contribution in [2.45, 2.75) is 76.0 Å². The highest BCUT2D eigenvalue weighted by molar-refractivity contribution is 6.33. The Kier molecular flexibility index (Phi) is 6.65. The molecule has 2 aliphatic carbocycles. The van der Waals surface area contributed by atoms with Gasteiger partial charge >= 0.3 is 0 Å². The molecule has 5 nitrogen and oxygen atoms in total. The number of hydrogen-bond donors (Lipinski definition) is 2. The number of benzene rings is 2. The molecule has 2 heterocycles. The monoisotopic (exact) mass is 507 g/mol. The zero-order valence-corrected chi connectivity index (χ0v) is 21.6. The van der Waals surface area contributed by atoms with Crippen molar-refractivity contribution in [2.75, 3.05) is 23.3 Å². The third-order valence-electron chi connectivity index (χ3n) is 7.90. The Morgan fingerprint density at radius 2 is 1.81 bits per heavy atom. The number of anilines is 2. The van der Waals surface area contributed by atoms with Crippen molar-refractivity contribution in [1.29, 1.82) is 0 Å². The first-order valence-electron chi connectivity index (χ1n) is 13.4. The van der Waals surface area contributed by atoms with Crippen LogP contribution in [0.3, 0.4) is 0 Å². The van der Waals surface area contributed by atoms with Gasteiger partial charge < -0.3 is 15.5 Å². The van der Waals surface area contributed by atoms with Gasteiger partial charge in [0.1, 0.15) is 5.82 Å². The topological polar surface area (TPSA) is 45.1 Å². The van der Waals surface area contributed by atoms with Crippen LogP contribution in [0.4, 0.5) is 15.9 Å². The van der Waals surface area contributed by atoms with Gasteiger partial charge in [0.05, 0.1) is 16.8 Å². The summed E-state index contributed by atoms with van der Waals surface area (Å²) in [5.41, 5.74) is 4.63. The number of nitrogens with zero attached hydrogens (tertiary/aromatic N) is 3. The minimum atomic E-state index is -0.242. The first kappa shape index (κ1) is 23.8. The van der Waals surface area contributed by atoms with Gasteiger partial charge in [0.15, 0.2) is 5.82 Å². The van der Waals surface area contributed by atoms with E-state index in [4.69, 9.17) is 16.7 Å². The highest BCUT2D eigenvalue weighted by Crippen LogP contribution is 2.42. The van der Waals surface area contributed by atoms with E-state index in [0.717, 1.165) is 44.2 Å². The lowest BCUT2D eigenvalue weighted by Gasteiger charge is -2.35. The molecule has 0 amide bonds. The van der Waals surface area contributed by atoms with Crippen LogP contribution in [-0.2, 0) is 6.54 Å². The predicted molar refractivity (Wildman–Crippen MR) is 144 cm³/mol.